The van der Waals surface area contributed by atoms with Crippen molar-refractivity contribution in [2.45, 2.75) is 32.2 Å². The Kier molecular flexibility index (Phi) is 4.55. The molecule has 1 amide bonds. The predicted molar refractivity (Wildman–Crippen MR) is 87.0 cm³/mol. The smallest absolute Gasteiger partial charge is 0.316 e. The second-order valence-electron chi connectivity index (χ2n) is 5.82. The summed E-state index contributed by atoms with van der Waals surface area (Å²) in [5.74, 6) is 0.517. The van der Waals surface area contributed by atoms with Gasteiger partial charge in [-0.2, -0.15) is 0 Å². The standard InChI is InChI=1S/C18H21N3O2/c1-3-23-18-19-10-14(11-20-18)12(2)21-17(22)16-9-15(16)13-7-5-4-6-8-13/h4-8,10-12,15-16H,3,9H2,1-2H3,(H,21,22). The molecule has 2 aromatic rings. The second kappa shape index (κ2) is 6.77. The minimum atomic E-state index is -0.116. The van der Waals surface area contributed by atoms with E-state index in [1.807, 2.05) is 32.0 Å². The Morgan fingerprint density at radius 2 is 2.00 bits per heavy atom. The minimum Gasteiger partial charge on any atom is -0.464 e. The molecule has 23 heavy (non-hydrogen) atoms. The topological polar surface area (TPSA) is 64.1 Å². The summed E-state index contributed by atoms with van der Waals surface area (Å²) >= 11 is 0. The molecule has 1 aliphatic rings. The average molecular weight is 311 g/mol. The van der Waals surface area contributed by atoms with Gasteiger partial charge in [-0.1, -0.05) is 30.3 Å². The van der Waals surface area contributed by atoms with Crippen LogP contribution in [0, 0.1) is 5.92 Å². The summed E-state index contributed by atoms with van der Waals surface area (Å²) in [4.78, 5) is 20.6. The number of nitrogens with one attached hydrogen (secondary N) is 1. The van der Waals surface area contributed by atoms with Gasteiger partial charge in [0.2, 0.25) is 5.91 Å². The Morgan fingerprint density at radius 1 is 1.30 bits per heavy atom. The van der Waals surface area contributed by atoms with E-state index < -0.39 is 0 Å². The Labute approximate surface area is 136 Å². The van der Waals surface area contributed by atoms with E-state index in [1.165, 1.54) is 5.56 Å². The number of carbonyl (C=O) groups is 1. The average Bonchev–Trinajstić information content (AvgIpc) is 3.37. The summed E-state index contributed by atoms with van der Waals surface area (Å²) in [6, 6.07) is 10.4. The third kappa shape index (κ3) is 3.67. The normalized spacial score (nSPS) is 20.6. The van der Waals surface area contributed by atoms with Crippen molar-refractivity contribution in [3.63, 3.8) is 0 Å². The lowest BCUT2D eigenvalue weighted by Gasteiger charge is -2.14. The molecule has 1 aromatic carbocycles. The Hall–Kier alpha value is -2.43. The molecule has 1 fully saturated rings. The molecule has 0 aliphatic heterocycles. The number of rotatable bonds is 6. The molecule has 3 atom stereocenters. The highest BCUT2D eigenvalue weighted by molar-refractivity contribution is 5.83. The zero-order chi connectivity index (χ0) is 16.2. The van der Waals surface area contributed by atoms with Crippen molar-refractivity contribution in [1.29, 1.82) is 0 Å². The molecule has 0 radical (unpaired) electrons. The lowest BCUT2D eigenvalue weighted by atomic mass is 10.1. The molecule has 1 N–H and O–H groups in total. The van der Waals surface area contributed by atoms with E-state index >= 15 is 0 Å². The fraction of sp³-hybridized carbons (Fsp3) is 0.389. The number of ether oxygens (including phenoxy) is 1. The molecule has 3 unspecified atom stereocenters. The van der Waals surface area contributed by atoms with Crippen LogP contribution in [0.25, 0.3) is 0 Å². The quantitative estimate of drug-likeness (QED) is 0.891. The highest BCUT2D eigenvalue weighted by Gasteiger charge is 2.44. The third-order valence-electron chi connectivity index (χ3n) is 4.14. The van der Waals surface area contributed by atoms with Crippen LogP contribution in [0.2, 0.25) is 0 Å². The van der Waals surface area contributed by atoms with Crippen LogP contribution in [0.1, 0.15) is 43.4 Å². The molecule has 5 nitrogen and oxygen atoms in total. The van der Waals surface area contributed by atoms with Gasteiger partial charge in [0, 0.05) is 23.9 Å². The monoisotopic (exact) mass is 311 g/mol. The van der Waals surface area contributed by atoms with Crippen molar-refractivity contribution in [2.75, 3.05) is 6.61 Å². The van der Waals surface area contributed by atoms with E-state index in [4.69, 9.17) is 4.74 Å². The number of hydrogen-bond acceptors (Lipinski definition) is 4. The maximum Gasteiger partial charge on any atom is 0.316 e. The Morgan fingerprint density at radius 3 is 2.65 bits per heavy atom. The van der Waals surface area contributed by atoms with Crippen LogP contribution in [0.5, 0.6) is 6.01 Å². The van der Waals surface area contributed by atoms with Gasteiger partial charge >= 0.3 is 6.01 Å². The molecule has 0 bridgehead atoms. The van der Waals surface area contributed by atoms with Crippen LogP contribution in [-0.2, 0) is 4.79 Å². The van der Waals surface area contributed by atoms with Crippen LogP contribution in [-0.4, -0.2) is 22.5 Å². The first-order chi connectivity index (χ1) is 11.2. The summed E-state index contributed by atoms with van der Waals surface area (Å²) in [7, 11) is 0. The maximum atomic E-state index is 12.4. The fourth-order valence-corrected chi connectivity index (χ4v) is 2.71. The zero-order valence-corrected chi connectivity index (χ0v) is 13.4. The van der Waals surface area contributed by atoms with Gasteiger partial charge in [0.25, 0.3) is 0 Å². The summed E-state index contributed by atoms with van der Waals surface area (Å²) in [5.41, 5.74) is 2.11. The fourth-order valence-electron chi connectivity index (χ4n) is 2.71. The number of benzene rings is 1. The van der Waals surface area contributed by atoms with Gasteiger partial charge in [0.05, 0.1) is 12.6 Å². The molecule has 1 saturated carbocycles. The molecule has 3 rings (SSSR count). The van der Waals surface area contributed by atoms with Crippen molar-refractivity contribution < 1.29 is 9.53 Å². The Bertz CT molecular complexity index is 658. The molecule has 1 heterocycles. The zero-order valence-electron chi connectivity index (χ0n) is 13.4. The van der Waals surface area contributed by atoms with Crippen LogP contribution >= 0.6 is 0 Å². The number of hydrogen-bond donors (Lipinski definition) is 1. The molecule has 0 spiro atoms. The van der Waals surface area contributed by atoms with Gasteiger partial charge in [0.15, 0.2) is 0 Å². The third-order valence-corrected chi connectivity index (χ3v) is 4.14. The summed E-state index contributed by atoms with van der Waals surface area (Å²) in [5, 5.41) is 3.05. The maximum absolute atomic E-state index is 12.4. The van der Waals surface area contributed by atoms with Crippen molar-refractivity contribution in [3.8, 4) is 6.01 Å². The first kappa shape index (κ1) is 15.5. The van der Waals surface area contributed by atoms with E-state index in [-0.39, 0.29) is 17.9 Å². The van der Waals surface area contributed by atoms with Crippen LogP contribution in [0.4, 0.5) is 0 Å². The number of carbonyl (C=O) groups excluding carboxylic acids is 1. The molecule has 1 aliphatic carbocycles. The van der Waals surface area contributed by atoms with E-state index in [1.54, 1.807) is 12.4 Å². The highest BCUT2D eigenvalue weighted by Crippen LogP contribution is 2.47. The van der Waals surface area contributed by atoms with E-state index in [2.05, 4.69) is 27.4 Å². The lowest BCUT2D eigenvalue weighted by molar-refractivity contribution is -0.123. The van der Waals surface area contributed by atoms with Crippen molar-refractivity contribution in [1.82, 2.24) is 15.3 Å². The number of aromatic nitrogens is 2. The lowest BCUT2D eigenvalue weighted by Crippen LogP contribution is -2.28. The van der Waals surface area contributed by atoms with Crippen LogP contribution in [0.15, 0.2) is 42.7 Å². The van der Waals surface area contributed by atoms with Crippen molar-refractivity contribution in [2.24, 2.45) is 5.92 Å². The molecule has 120 valence electrons. The SMILES string of the molecule is CCOc1ncc(C(C)NC(=O)C2CC2c2ccccc2)cn1. The molecular weight excluding hydrogens is 290 g/mol. The van der Waals surface area contributed by atoms with Crippen molar-refractivity contribution in [3.05, 3.63) is 53.9 Å². The summed E-state index contributed by atoms with van der Waals surface area (Å²) in [6.45, 7) is 4.37. The first-order valence-corrected chi connectivity index (χ1v) is 7.99. The molecule has 0 saturated heterocycles. The number of amides is 1. The van der Waals surface area contributed by atoms with E-state index in [0.717, 1.165) is 12.0 Å². The number of nitrogens with zero attached hydrogens (tertiary/aromatic N) is 2. The van der Waals surface area contributed by atoms with Gasteiger partial charge in [0.1, 0.15) is 0 Å². The highest BCUT2D eigenvalue weighted by atomic mass is 16.5. The van der Waals surface area contributed by atoms with Gasteiger partial charge in [-0.05, 0) is 31.7 Å². The Balaban J connectivity index is 1.56. The second-order valence-corrected chi connectivity index (χ2v) is 5.82. The minimum absolute atomic E-state index is 0.0727. The van der Waals surface area contributed by atoms with E-state index in [0.29, 0.717) is 18.5 Å². The largest absolute Gasteiger partial charge is 0.464 e. The van der Waals surface area contributed by atoms with Crippen molar-refractivity contribution >= 4 is 5.91 Å². The molecular formula is C18H21N3O2. The van der Waals surface area contributed by atoms with Gasteiger partial charge < -0.3 is 10.1 Å². The van der Waals surface area contributed by atoms with Crippen LogP contribution < -0.4 is 10.1 Å². The summed E-state index contributed by atoms with van der Waals surface area (Å²) in [6.07, 6.45) is 4.32. The first-order valence-electron chi connectivity index (χ1n) is 7.99. The predicted octanol–water partition coefficient (Wildman–Crippen LogP) is 2.86. The van der Waals surface area contributed by atoms with Crippen LogP contribution in [0.3, 0.4) is 0 Å². The van der Waals surface area contributed by atoms with Gasteiger partial charge in [-0.25, -0.2) is 9.97 Å². The van der Waals surface area contributed by atoms with E-state index in [9.17, 15) is 4.79 Å². The van der Waals surface area contributed by atoms with Gasteiger partial charge in [-0.15, -0.1) is 0 Å². The molecule has 1 aromatic heterocycles. The molecule has 5 heteroatoms. The summed E-state index contributed by atoms with van der Waals surface area (Å²) < 4.78 is 5.22. The van der Waals surface area contributed by atoms with Gasteiger partial charge in [-0.3, -0.25) is 4.79 Å².